The lowest BCUT2D eigenvalue weighted by Crippen LogP contribution is -2.37. The summed E-state index contributed by atoms with van der Waals surface area (Å²) in [7, 11) is 1.71. The molecule has 132 valence electrons. The molecule has 2 atom stereocenters. The Kier molecular flexibility index (Phi) is 4.59. The number of nitrogens with zero attached hydrogens (tertiary/aromatic N) is 2. The van der Waals surface area contributed by atoms with Crippen molar-refractivity contribution in [2.24, 2.45) is 11.3 Å². The van der Waals surface area contributed by atoms with E-state index in [2.05, 4.69) is 22.0 Å². The van der Waals surface area contributed by atoms with E-state index >= 15 is 0 Å². The Morgan fingerprint density at radius 2 is 2.24 bits per heavy atom. The lowest BCUT2D eigenvalue weighted by molar-refractivity contribution is 0.0881. The molecule has 0 N–H and O–H groups in total. The predicted octanol–water partition coefficient (Wildman–Crippen LogP) is 2.62. The maximum absolute atomic E-state index is 5.99. The van der Waals surface area contributed by atoms with Crippen LogP contribution in [-0.2, 0) is 11.3 Å². The molecule has 25 heavy (non-hydrogen) atoms. The molecule has 0 spiro atoms. The zero-order valence-electron chi connectivity index (χ0n) is 14.6. The van der Waals surface area contributed by atoms with Gasteiger partial charge in [-0.1, -0.05) is 18.2 Å². The molecular formula is C20H24N2O3. The zero-order chi connectivity index (χ0) is 17.1. The minimum Gasteiger partial charge on any atom is -0.497 e. The second kappa shape index (κ2) is 7.02. The third-order valence-corrected chi connectivity index (χ3v) is 5.28. The summed E-state index contributed by atoms with van der Waals surface area (Å²) in [4.78, 5) is 6.77. The van der Waals surface area contributed by atoms with Crippen molar-refractivity contribution < 1.29 is 14.2 Å². The van der Waals surface area contributed by atoms with Gasteiger partial charge >= 0.3 is 0 Å². The second-order valence-electron chi connectivity index (χ2n) is 7.05. The fraction of sp³-hybridized carbons (Fsp3) is 0.450. The fourth-order valence-corrected chi connectivity index (χ4v) is 3.95. The van der Waals surface area contributed by atoms with E-state index in [0.29, 0.717) is 18.4 Å². The van der Waals surface area contributed by atoms with Crippen molar-refractivity contribution in [1.29, 1.82) is 0 Å². The molecule has 2 fully saturated rings. The van der Waals surface area contributed by atoms with Gasteiger partial charge in [0.2, 0.25) is 5.88 Å². The highest BCUT2D eigenvalue weighted by Gasteiger charge is 2.51. The average Bonchev–Trinajstić information content (AvgIpc) is 3.18. The third-order valence-electron chi connectivity index (χ3n) is 5.28. The normalized spacial score (nSPS) is 25.7. The van der Waals surface area contributed by atoms with Crippen molar-refractivity contribution in [3.8, 4) is 11.6 Å². The number of methoxy groups -OCH3 is 1. The van der Waals surface area contributed by atoms with Crippen LogP contribution in [0.1, 0.15) is 5.56 Å². The smallest absolute Gasteiger partial charge is 0.213 e. The van der Waals surface area contributed by atoms with Gasteiger partial charge in [-0.05, 0) is 23.8 Å². The summed E-state index contributed by atoms with van der Waals surface area (Å²) in [6.45, 7) is 5.20. The molecule has 0 unspecified atom stereocenters. The second-order valence-corrected chi connectivity index (χ2v) is 7.05. The van der Waals surface area contributed by atoms with Crippen LogP contribution >= 0.6 is 0 Å². The molecule has 0 radical (unpaired) electrons. The van der Waals surface area contributed by atoms with Gasteiger partial charge in [0.25, 0.3) is 0 Å². The van der Waals surface area contributed by atoms with Crippen LogP contribution in [0, 0.1) is 11.3 Å². The Morgan fingerprint density at radius 3 is 3.08 bits per heavy atom. The lowest BCUT2D eigenvalue weighted by Gasteiger charge is -2.27. The van der Waals surface area contributed by atoms with Crippen molar-refractivity contribution >= 4 is 0 Å². The van der Waals surface area contributed by atoms with Crippen molar-refractivity contribution in [3.63, 3.8) is 0 Å². The molecule has 0 amide bonds. The molecule has 5 heteroatoms. The summed E-state index contributed by atoms with van der Waals surface area (Å²) >= 11 is 0. The zero-order valence-corrected chi connectivity index (χ0v) is 14.6. The van der Waals surface area contributed by atoms with Gasteiger partial charge in [-0.3, -0.25) is 4.90 Å². The summed E-state index contributed by atoms with van der Waals surface area (Å²) < 4.78 is 17.1. The molecule has 2 aliphatic rings. The van der Waals surface area contributed by atoms with E-state index in [0.717, 1.165) is 38.6 Å². The van der Waals surface area contributed by atoms with Crippen LogP contribution in [-0.4, -0.2) is 49.9 Å². The summed E-state index contributed by atoms with van der Waals surface area (Å²) in [5.74, 6) is 2.11. The lowest BCUT2D eigenvalue weighted by atomic mass is 9.82. The molecule has 1 aromatic carbocycles. The van der Waals surface area contributed by atoms with Crippen LogP contribution < -0.4 is 9.47 Å². The Balaban J connectivity index is 1.42. The first kappa shape index (κ1) is 16.4. The standard InChI is InChI=1S/C20H24N2O3/c1-23-18-6-4-5-16(9-18)10-22-11-17-12-24-14-20(17,13-22)15-25-19-7-2-3-8-21-19/h2-9,17H,10-15H2,1H3/t17-,20+/m1/s1. The van der Waals surface area contributed by atoms with Gasteiger partial charge in [-0.25, -0.2) is 4.98 Å². The van der Waals surface area contributed by atoms with Crippen molar-refractivity contribution in [2.75, 3.05) is 40.0 Å². The highest BCUT2D eigenvalue weighted by molar-refractivity contribution is 5.28. The van der Waals surface area contributed by atoms with Gasteiger partial charge < -0.3 is 14.2 Å². The summed E-state index contributed by atoms with van der Waals surface area (Å²) in [5, 5.41) is 0. The van der Waals surface area contributed by atoms with Gasteiger partial charge in [0.15, 0.2) is 0 Å². The largest absolute Gasteiger partial charge is 0.497 e. The first-order valence-electron chi connectivity index (χ1n) is 8.74. The maximum atomic E-state index is 5.99. The number of rotatable bonds is 6. The van der Waals surface area contributed by atoms with Crippen LogP contribution in [0.5, 0.6) is 11.6 Å². The first-order chi connectivity index (χ1) is 12.3. The first-order valence-corrected chi connectivity index (χ1v) is 8.74. The monoisotopic (exact) mass is 340 g/mol. The minimum atomic E-state index is 0.0659. The van der Waals surface area contributed by atoms with Gasteiger partial charge in [0.05, 0.1) is 26.9 Å². The van der Waals surface area contributed by atoms with Crippen LogP contribution in [0.2, 0.25) is 0 Å². The Morgan fingerprint density at radius 1 is 1.28 bits per heavy atom. The number of hydrogen-bond acceptors (Lipinski definition) is 5. The molecule has 1 aromatic heterocycles. The van der Waals surface area contributed by atoms with Crippen molar-refractivity contribution in [3.05, 3.63) is 54.2 Å². The van der Waals surface area contributed by atoms with E-state index in [1.165, 1.54) is 5.56 Å². The van der Waals surface area contributed by atoms with Crippen LogP contribution in [0.15, 0.2) is 48.7 Å². The number of ether oxygens (including phenoxy) is 3. The third kappa shape index (κ3) is 3.48. The van der Waals surface area contributed by atoms with E-state index < -0.39 is 0 Å². The SMILES string of the molecule is COc1cccc(CN2C[C@@H]3COC[C@]3(COc3ccccn3)C2)c1. The maximum Gasteiger partial charge on any atom is 0.213 e. The van der Waals surface area contributed by atoms with Crippen LogP contribution in [0.4, 0.5) is 0 Å². The predicted molar refractivity (Wildman–Crippen MR) is 94.7 cm³/mol. The number of benzene rings is 1. The van der Waals surface area contributed by atoms with E-state index in [9.17, 15) is 0 Å². The summed E-state index contributed by atoms with van der Waals surface area (Å²) in [6, 6.07) is 14.1. The highest BCUT2D eigenvalue weighted by atomic mass is 16.5. The molecule has 2 aromatic rings. The number of likely N-dealkylation sites (tertiary alicyclic amines) is 1. The van der Waals surface area contributed by atoms with Crippen LogP contribution in [0.3, 0.4) is 0 Å². The van der Waals surface area contributed by atoms with Gasteiger partial charge in [0.1, 0.15) is 5.75 Å². The van der Waals surface area contributed by atoms with E-state index in [1.54, 1.807) is 13.3 Å². The fourth-order valence-electron chi connectivity index (χ4n) is 3.95. The van der Waals surface area contributed by atoms with E-state index in [4.69, 9.17) is 14.2 Å². The van der Waals surface area contributed by atoms with E-state index in [-0.39, 0.29) is 5.41 Å². The highest BCUT2D eigenvalue weighted by Crippen LogP contribution is 2.42. The number of hydrogen-bond donors (Lipinski definition) is 0. The topological polar surface area (TPSA) is 43.8 Å². The van der Waals surface area contributed by atoms with Crippen molar-refractivity contribution in [1.82, 2.24) is 9.88 Å². The molecule has 3 heterocycles. The van der Waals surface area contributed by atoms with E-state index in [1.807, 2.05) is 30.3 Å². The van der Waals surface area contributed by atoms with Gasteiger partial charge in [-0.2, -0.15) is 0 Å². The molecule has 2 aliphatic heterocycles. The summed E-state index contributed by atoms with van der Waals surface area (Å²) in [6.07, 6.45) is 1.76. The quantitative estimate of drug-likeness (QED) is 0.809. The number of pyridine rings is 1. The number of aromatic nitrogens is 1. The molecule has 2 saturated heterocycles. The molecule has 0 aliphatic carbocycles. The molecule has 0 saturated carbocycles. The Hall–Kier alpha value is -2.11. The Labute approximate surface area is 148 Å². The average molecular weight is 340 g/mol. The van der Waals surface area contributed by atoms with Gasteiger partial charge in [-0.15, -0.1) is 0 Å². The van der Waals surface area contributed by atoms with Gasteiger partial charge in [0, 0.05) is 43.2 Å². The molecular weight excluding hydrogens is 316 g/mol. The summed E-state index contributed by atoms with van der Waals surface area (Å²) in [5.41, 5.74) is 1.34. The van der Waals surface area contributed by atoms with Crippen molar-refractivity contribution in [2.45, 2.75) is 6.54 Å². The minimum absolute atomic E-state index is 0.0659. The number of fused-ring (bicyclic) bond motifs is 1. The Bertz CT molecular complexity index is 709. The van der Waals surface area contributed by atoms with Crippen LogP contribution in [0.25, 0.3) is 0 Å². The molecule has 4 rings (SSSR count). The molecule has 5 nitrogen and oxygen atoms in total. The molecule has 0 bridgehead atoms.